The van der Waals surface area contributed by atoms with Crippen LogP contribution in [0.5, 0.6) is 11.5 Å². The van der Waals surface area contributed by atoms with Crippen LogP contribution in [-0.4, -0.2) is 43.8 Å². The predicted molar refractivity (Wildman–Crippen MR) is 81.5 cm³/mol. The van der Waals surface area contributed by atoms with Crippen molar-refractivity contribution in [3.05, 3.63) is 23.8 Å². The van der Waals surface area contributed by atoms with E-state index in [4.69, 9.17) is 9.47 Å². The summed E-state index contributed by atoms with van der Waals surface area (Å²) in [6, 6.07) is 6.84. The number of nitrogens with zero attached hydrogens (tertiary/aromatic N) is 1. The number of hydrogen-bond donors (Lipinski definition) is 1. The predicted octanol–water partition coefficient (Wildman–Crippen LogP) is 2.28. The zero-order valence-electron chi connectivity index (χ0n) is 12.8. The summed E-state index contributed by atoms with van der Waals surface area (Å²) in [5, 5.41) is 3.47. The highest BCUT2D eigenvalue weighted by atomic mass is 16.5. The first-order chi connectivity index (χ1) is 9.72. The lowest BCUT2D eigenvalue weighted by atomic mass is 10.1. The van der Waals surface area contributed by atoms with Gasteiger partial charge in [0.2, 0.25) is 0 Å². The van der Waals surface area contributed by atoms with E-state index in [1.807, 2.05) is 19.9 Å². The van der Waals surface area contributed by atoms with Gasteiger partial charge >= 0.3 is 0 Å². The lowest BCUT2D eigenvalue weighted by Gasteiger charge is -2.31. The summed E-state index contributed by atoms with van der Waals surface area (Å²) < 4.78 is 11.3. The van der Waals surface area contributed by atoms with Crippen LogP contribution in [0.3, 0.4) is 0 Å². The van der Waals surface area contributed by atoms with Crippen LogP contribution in [-0.2, 0) is 6.54 Å². The van der Waals surface area contributed by atoms with E-state index in [9.17, 15) is 0 Å². The summed E-state index contributed by atoms with van der Waals surface area (Å²) in [6.07, 6.45) is 0. The molecular weight excluding hydrogens is 252 g/mol. The van der Waals surface area contributed by atoms with Gasteiger partial charge in [0.25, 0.3) is 0 Å². The van der Waals surface area contributed by atoms with Crippen molar-refractivity contribution < 1.29 is 9.47 Å². The molecule has 1 aliphatic heterocycles. The number of nitrogens with one attached hydrogen (secondary N) is 1. The molecule has 0 radical (unpaired) electrons. The highest BCUT2D eigenvalue weighted by Gasteiger charge is 2.16. The molecule has 0 saturated carbocycles. The number of ether oxygens (including phenoxy) is 2. The maximum Gasteiger partial charge on any atom is 0.161 e. The van der Waals surface area contributed by atoms with E-state index in [0.29, 0.717) is 19.3 Å². The van der Waals surface area contributed by atoms with Gasteiger partial charge in [-0.1, -0.05) is 6.07 Å². The van der Waals surface area contributed by atoms with Crippen molar-refractivity contribution in [3.63, 3.8) is 0 Å². The third kappa shape index (κ3) is 4.12. The summed E-state index contributed by atoms with van der Waals surface area (Å²) >= 11 is 0. The minimum atomic E-state index is 0.567. The first kappa shape index (κ1) is 15.1. The third-order valence-corrected chi connectivity index (χ3v) is 3.47. The molecule has 1 saturated heterocycles. The van der Waals surface area contributed by atoms with E-state index in [2.05, 4.69) is 29.3 Å². The SMILES string of the molecule is CCOc1ccc(CN2CCN[C@@H](C)C2)cc1OCC. The van der Waals surface area contributed by atoms with Crippen molar-refractivity contribution in [3.8, 4) is 11.5 Å². The molecule has 20 heavy (non-hydrogen) atoms. The zero-order valence-corrected chi connectivity index (χ0v) is 12.8. The highest BCUT2D eigenvalue weighted by Crippen LogP contribution is 2.29. The molecular formula is C16H26N2O2. The Morgan fingerprint density at radius 1 is 1.20 bits per heavy atom. The molecule has 4 heteroatoms. The molecule has 4 nitrogen and oxygen atoms in total. The van der Waals surface area contributed by atoms with Crippen LogP contribution in [0.1, 0.15) is 26.3 Å². The van der Waals surface area contributed by atoms with Crippen LogP contribution >= 0.6 is 0 Å². The standard InChI is InChI=1S/C16H26N2O2/c1-4-19-15-7-6-14(10-16(15)20-5-2)12-18-9-8-17-13(3)11-18/h6-7,10,13,17H,4-5,8-9,11-12H2,1-3H3/t13-/m0/s1. The number of piperazine rings is 1. The molecule has 0 amide bonds. The lowest BCUT2D eigenvalue weighted by molar-refractivity contribution is 0.199. The van der Waals surface area contributed by atoms with Crippen LogP contribution in [0, 0.1) is 0 Å². The normalized spacial score (nSPS) is 19.9. The molecule has 0 bridgehead atoms. The Hall–Kier alpha value is -1.26. The maximum absolute atomic E-state index is 5.68. The molecule has 0 spiro atoms. The van der Waals surface area contributed by atoms with Gasteiger partial charge in [-0.05, 0) is 38.5 Å². The first-order valence-corrected chi connectivity index (χ1v) is 7.57. The lowest BCUT2D eigenvalue weighted by Crippen LogP contribution is -2.48. The summed E-state index contributed by atoms with van der Waals surface area (Å²) in [7, 11) is 0. The highest BCUT2D eigenvalue weighted by molar-refractivity contribution is 5.43. The Morgan fingerprint density at radius 3 is 2.65 bits per heavy atom. The summed E-state index contributed by atoms with van der Waals surface area (Å²) in [5.41, 5.74) is 1.28. The minimum Gasteiger partial charge on any atom is -0.490 e. The van der Waals surface area contributed by atoms with Gasteiger partial charge in [0, 0.05) is 32.2 Å². The Bertz CT molecular complexity index is 423. The van der Waals surface area contributed by atoms with Crippen molar-refractivity contribution in [2.45, 2.75) is 33.4 Å². The fourth-order valence-corrected chi connectivity index (χ4v) is 2.61. The van der Waals surface area contributed by atoms with Crippen molar-refractivity contribution >= 4 is 0 Å². The molecule has 1 atom stereocenters. The van der Waals surface area contributed by atoms with E-state index in [0.717, 1.165) is 37.7 Å². The minimum absolute atomic E-state index is 0.567. The fourth-order valence-electron chi connectivity index (χ4n) is 2.61. The Labute approximate surface area is 122 Å². The largest absolute Gasteiger partial charge is 0.490 e. The van der Waals surface area contributed by atoms with E-state index >= 15 is 0 Å². The number of hydrogen-bond acceptors (Lipinski definition) is 4. The Morgan fingerprint density at radius 2 is 1.95 bits per heavy atom. The second-order valence-corrected chi connectivity index (χ2v) is 5.24. The second-order valence-electron chi connectivity index (χ2n) is 5.24. The molecule has 2 rings (SSSR count). The topological polar surface area (TPSA) is 33.7 Å². The van der Waals surface area contributed by atoms with E-state index in [1.165, 1.54) is 5.56 Å². The van der Waals surface area contributed by atoms with Gasteiger partial charge in [-0.2, -0.15) is 0 Å². The van der Waals surface area contributed by atoms with Gasteiger partial charge in [0.05, 0.1) is 13.2 Å². The van der Waals surface area contributed by atoms with E-state index in [-0.39, 0.29) is 0 Å². The van der Waals surface area contributed by atoms with Crippen LogP contribution < -0.4 is 14.8 Å². The van der Waals surface area contributed by atoms with Crippen molar-refractivity contribution in [1.82, 2.24) is 10.2 Å². The van der Waals surface area contributed by atoms with Gasteiger partial charge in [0.15, 0.2) is 11.5 Å². The Kier molecular flexibility index (Phi) is 5.68. The second kappa shape index (κ2) is 7.50. The average molecular weight is 278 g/mol. The fraction of sp³-hybridized carbons (Fsp3) is 0.625. The molecule has 1 fully saturated rings. The summed E-state index contributed by atoms with van der Waals surface area (Å²) in [4.78, 5) is 2.48. The molecule has 1 heterocycles. The summed E-state index contributed by atoms with van der Waals surface area (Å²) in [5.74, 6) is 1.70. The quantitative estimate of drug-likeness (QED) is 0.865. The van der Waals surface area contributed by atoms with Crippen LogP contribution in [0.15, 0.2) is 18.2 Å². The average Bonchev–Trinajstić information content (AvgIpc) is 2.42. The smallest absolute Gasteiger partial charge is 0.161 e. The maximum atomic E-state index is 5.68. The van der Waals surface area contributed by atoms with E-state index in [1.54, 1.807) is 0 Å². The molecule has 1 aromatic carbocycles. The van der Waals surface area contributed by atoms with Gasteiger partial charge < -0.3 is 14.8 Å². The van der Waals surface area contributed by atoms with Crippen LogP contribution in [0.4, 0.5) is 0 Å². The van der Waals surface area contributed by atoms with Crippen molar-refractivity contribution in [2.24, 2.45) is 0 Å². The van der Waals surface area contributed by atoms with Crippen molar-refractivity contribution in [1.29, 1.82) is 0 Å². The molecule has 0 aliphatic carbocycles. The molecule has 112 valence electrons. The van der Waals surface area contributed by atoms with Crippen LogP contribution in [0.25, 0.3) is 0 Å². The van der Waals surface area contributed by atoms with Crippen LogP contribution in [0.2, 0.25) is 0 Å². The van der Waals surface area contributed by atoms with Gasteiger partial charge in [-0.25, -0.2) is 0 Å². The summed E-state index contributed by atoms with van der Waals surface area (Å²) in [6.45, 7) is 11.8. The zero-order chi connectivity index (χ0) is 14.4. The number of benzene rings is 1. The molecule has 1 aliphatic rings. The molecule has 0 aromatic heterocycles. The first-order valence-electron chi connectivity index (χ1n) is 7.57. The van der Waals surface area contributed by atoms with Crippen molar-refractivity contribution in [2.75, 3.05) is 32.8 Å². The van der Waals surface area contributed by atoms with Gasteiger partial charge in [-0.3, -0.25) is 4.90 Å². The Balaban J connectivity index is 2.05. The third-order valence-electron chi connectivity index (χ3n) is 3.47. The molecule has 1 N–H and O–H groups in total. The van der Waals surface area contributed by atoms with Gasteiger partial charge in [-0.15, -0.1) is 0 Å². The molecule has 1 aromatic rings. The monoisotopic (exact) mass is 278 g/mol. The van der Waals surface area contributed by atoms with Gasteiger partial charge in [0.1, 0.15) is 0 Å². The number of rotatable bonds is 6. The van der Waals surface area contributed by atoms with E-state index < -0.39 is 0 Å². The molecule has 0 unspecified atom stereocenters.